The van der Waals surface area contributed by atoms with Gasteiger partial charge >= 0.3 is 6.03 Å². The maximum Gasteiger partial charge on any atom is 0.322 e. The average molecular weight is 362 g/mol. The molecule has 0 radical (unpaired) electrons. The van der Waals surface area contributed by atoms with Gasteiger partial charge in [0.15, 0.2) is 0 Å². The Hall–Kier alpha value is -3.25. The summed E-state index contributed by atoms with van der Waals surface area (Å²) in [6, 6.07) is 18.2. The van der Waals surface area contributed by atoms with Crippen molar-refractivity contribution in [2.45, 2.75) is 26.1 Å². The molecule has 0 aliphatic rings. The summed E-state index contributed by atoms with van der Waals surface area (Å²) in [6.07, 6.45) is 2.73. The number of amides is 2. The second kappa shape index (κ2) is 8.91. The maximum atomic E-state index is 13.0. The molecule has 0 fully saturated rings. The number of aliphatic hydroxyl groups is 1. The Bertz CT molecular complexity index is 828. The summed E-state index contributed by atoms with van der Waals surface area (Å²) in [5, 5.41) is 12.8. The van der Waals surface area contributed by atoms with Gasteiger partial charge in [-0.3, -0.25) is 9.97 Å². The number of pyridine rings is 2. The fourth-order valence-electron chi connectivity index (χ4n) is 2.74. The molecule has 1 aromatic carbocycles. The van der Waals surface area contributed by atoms with Crippen molar-refractivity contribution in [1.82, 2.24) is 14.9 Å². The highest BCUT2D eigenvalue weighted by Crippen LogP contribution is 2.23. The number of carbonyl (C=O) groups excluding carboxylic acids is 1. The van der Waals surface area contributed by atoms with Crippen molar-refractivity contribution >= 4 is 11.7 Å². The highest BCUT2D eigenvalue weighted by molar-refractivity contribution is 5.90. The van der Waals surface area contributed by atoms with Crippen molar-refractivity contribution in [3.05, 3.63) is 90.0 Å². The maximum absolute atomic E-state index is 13.0. The number of anilines is 1. The van der Waals surface area contributed by atoms with E-state index in [1.165, 1.54) is 0 Å². The van der Waals surface area contributed by atoms with E-state index >= 15 is 0 Å². The number of aromatic nitrogens is 2. The molecule has 2 amide bonds. The highest BCUT2D eigenvalue weighted by Gasteiger charge is 2.18. The zero-order valence-corrected chi connectivity index (χ0v) is 15.1. The zero-order valence-electron chi connectivity index (χ0n) is 15.1. The van der Waals surface area contributed by atoms with Crippen molar-refractivity contribution in [2.24, 2.45) is 0 Å². The van der Waals surface area contributed by atoms with E-state index < -0.39 is 6.10 Å². The van der Waals surface area contributed by atoms with Crippen LogP contribution in [0.2, 0.25) is 0 Å². The first kappa shape index (κ1) is 18.5. The monoisotopic (exact) mass is 362 g/mol. The van der Waals surface area contributed by atoms with E-state index in [1.54, 1.807) is 36.4 Å². The molecule has 6 heteroatoms. The van der Waals surface area contributed by atoms with Crippen molar-refractivity contribution < 1.29 is 9.90 Å². The number of benzene rings is 1. The lowest BCUT2D eigenvalue weighted by atomic mass is 10.1. The van der Waals surface area contributed by atoms with Gasteiger partial charge in [-0.2, -0.15) is 0 Å². The molecule has 1 unspecified atom stereocenters. The Morgan fingerprint density at radius 1 is 0.963 bits per heavy atom. The molecular formula is C21H22N4O2. The van der Waals surface area contributed by atoms with Crippen LogP contribution in [0.4, 0.5) is 10.5 Å². The Balaban J connectivity index is 1.82. The minimum absolute atomic E-state index is 0.278. The number of rotatable bonds is 6. The Morgan fingerprint density at radius 2 is 1.52 bits per heavy atom. The van der Waals surface area contributed by atoms with Gasteiger partial charge in [-0.15, -0.1) is 0 Å². The molecule has 0 aliphatic carbocycles. The largest absolute Gasteiger partial charge is 0.389 e. The first-order valence-electron chi connectivity index (χ1n) is 8.76. The van der Waals surface area contributed by atoms with Gasteiger partial charge in [0.05, 0.1) is 30.6 Å². The van der Waals surface area contributed by atoms with Crippen LogP contribution in [0.1, 0.15) is 30.0 Å². The first-order chi connectivity index (χ1) is 13.1. The van der Waals surface area contributed by atoms with E-state index in [1.807, 2.05) is 48.5 Å². The lowest BCUT2D eigenvalue weighted by Crippen LogP contribution is -2.34. The van der Waals surface area contributed by atoms with Crippen molar-refractivity contribution in [1.29, 1.82) is 0 Å². The second-order valence-corrected chi connectivity index (χ2v) is 6.19. The molecule has 138 valence electrons. The third-order valence-corrected chi connectivity index (χ3v) is 4.10. The predicted molar refractivity (Wildman–Crippen MR) is 104 cm³/mol. The van der Waals surface area contributed by atoms with Crippen LogP contribution in [0.15, 0.2) is 73.1 Å². The fourth-order valence-corrected chi connectivity index (χ4v) is 2.74. The molecular weight excluding hydrogens is 340 g/mol. The number of para-hydroxylation sites is 1. The average Bonchev–Trinajstić information content (AvgIpc) is 2.69. The summed E-state index contributed by atoms with van der Waals surface area (Å²) in [7, 11) is 0. The van der Waals surface area contributed by atoms with Gasteiger partial charge < -0.3 is 15.3 Å². The van der Waals surface area contributed by atoms with Crippen LogP contribution < -0.4 is 5.32 Å². The van der Waals surface area contributed by atoms with Crippen LogP contribution in [0.25, 0.3) is 0 Å². The van der Waals surface area contributed by atoms with Crippen LogP contribution in [-0.4, -0.2) is 26.0 Å². The molecule has 6 nitrogen and oxygen atoms in total. The van der Waals surface area contributed by atoms with Gasteiger partial charge in [0.1, 0.15) is 0 Å². The van der Waals surface area contributed by atoms with Crippen LogP contribution in [-0.2, 0) is 13.1 Å². The van der Waals surface area contributed by atoms with Crippen molar-refractivity contribution in [2.75, 3.05) is 5.32 Å². The molecule has 2 heterocycles. The van der Waals surface area contributed by atoms with Gasteiger partial charge in [-0.1, -0.05) is 30.3 Å². The Kier molecular flexibility index (Phi) is 6.12. The van der Waals surface area contributed by atoms with Gasteiger partial charge in [0, 0.05) is 23.6 Å². The van der Waals surface area contributed by atoms with E-state index in [-0.39, 0.29) is 6.03 Å². The molecule has 27 heavy (non-hydrogen) atoms. The summed E-state index contributed by atoms with van der Waals surface area (Å²) < 4.78 is 0. The third kappa shape index (κ3) is 5.12. The van der Waals surface area contributed by atoms with Gasteiger partial charge in [0.2, 0.25) is 0 Å². The minimum atomic E-state index is -0.679. The van der Waals surface area contributed by atoms with E-state index in [4.69, 9.17) is 0 Å². The molecule has 0 spiro atoms. The standard InChI is InChI=1S/C21H22N4O2/c1-16(26)19-10-2-3-11-20(19)24-21(27)25(14-17-8-4-6-12-22-17)15-18-9-5-7-13-23-18/h2-13,16,26H,14-15H2,1H3,(H,24,27). The number of carbonyl (C=O) groups is 1. The fraction of sp³-hybridized carbons (Fsp3) is 0.190. The summed E-state index contributed by atoms with van der Waals surface area (Å²) in [5.74, 6) is 0. The Labute approximate surface area is 158 Å². The molecule has 2 N–H and O–H groups in total. The first-order valence-corrected chi connectivity index (χ1v) is 8.76. The molecule has 3 aromatic rings. The third-order valence-electron chi connectivity index (χ3n) is 4.10. The topological polar surface area (TPSA) is 78.4 Å². The summed E-state index contributed by atoms with van der Waals surface area (Å²) in [6.45, 7) is 2.37. The van der Waals surface area contributed by atoms with E-state index in [9.17, 15) is 9.90 Å². The highest BCUT2D eigenvalue weighted by atomic mass is 16.3. The molecule has 0 aliphatic heterocycles. The summed E-state index contributed by atoms with van der Waals surface area (Å²) in [5.41, 5.74) is 2.82. The van der Waals surface area contributed by atoms with E-state index in [0.717, 1.165) is 11.4 Å². The van der Waals surface area contributed by atoms with Gasteiger partial charge in [-0.25, -0.2) is 4.79 Å². The molecule has 0 saturated carbocycles. The van der Waals surface area contributed by atoms with E-state index in [2.05, 4.69) is 15.3 Å². The number of hydrogen-bond donors (Lipinski definition) is 2. The lowest BCUT2D eigenvalue weighted by Gasteiger charge is -2.23. The van der Waals surface area contributed by atoms with Crippen LogP contribution in [0.5, 0.6) is 0 Å². The summed E-state index contributed by atoms with van der Waals surface area (Å²) >= 11 is 0. The van der Waals surface area contributed by atoms with Crippen LogP contribution in [0.3, 0.4) is 0 Å². The van der Waals surface area contributed by atoms with E-state index in [0.29, 0.717) is 24.3 Å². The smallest absolute Gasteiger partial charge is 0.322 e. The molecule has 0 bridgehead atoms. The number of aliphatic hydroxyl groups excluding tert-OH is 1. The predicted octanol–water partition coefficient (Wildman–Crippen LogP) is 3.76. The molecule has 1 atom stereocenters. The Morgan fingerprint density at radius 3 is 2.04 bits per heavy atom. The van der Waals surface area contributed by atoms with Crippen molar-refractivity contribution in [3.8, 4) is 0 Å². The SMILES string of the molecule is CC(O)c1ccccc1NC(=O)N(Cc1ccccn1)Cc1ccccn1. The lowest BCUT2D eigenvalue weighted by molar-refractivity contribution is 0.198. The minimum Gasteiger partial charge on any atom is -0.389 e. The quantitative estimate of drug-likeness (QED) is 0.700. The number of nitrogens with one attached hydrogen (secondary N) is 1. The van der Waals surface area contributed by atoms with Crippen molar-refractivity contribution in [3.63, 3.8) is 0 Å². The van der Waals surface area contributed by atoms with Crippen LogP contribution in [0, 0.1) is 0 Å². The normalized spacial score (nSPS) is 11.6. The number of hydrogen-bond acceptors (Lipinski definition) is 4. The molecule has 2 aromatic heterocycles. The van der Waals surface area contributed by atoms with Crippen LogP contribution >= 0.6 is 0 Å². The molecule has 0 saturated heterocycles. The summed E-state index contributed by atoms with van der Waals surface area (Å²) in [4.78, 5) is 23.2. The number of urea groups is 1. The molecule has 3 rings (SSSR count). The van der Waals surface area contributed by atoms with Gasteiger partial charge in [0.25, 0.3) is 0 Å². The second-order valence-electron chi connectivity index (χ2n) is 6.19. The van der Waals surface area contributed by atoms with Gasteiger partial charge in [-0.05, 0) is 37.3 Å². The number of nitrogens with zero attached hydrogens (tertiary/aromatic N) is 3. The zero-order chi connectivity index (χ0) is 19.1.